The molecule has 0 saturated carbocycles. The summed E-state index contributed by atoms with van der Waals surface area (Å²) in [6.07, 6.45) is 24.9. The van der Waals surface area contributed by atoms with E-state index in [1.807, 2.05) is 0 Å². The SMILES string of the molecule is CCCCCCCCCCN(CCCCN(CCCCCCCCCC)N1CCOCC1)N1CCOCC1. The Kier molecular flexibility index (Phi) is 21.9. The van der Waals surface area contributed by atoms with E-state index in [9.17, 15) is 0 Å². The van der Waals surface area contributed by atoms with Crippen LogP contribution in [0.1, 0.15) is 129 Å². The van der Waals surface area contributed by atoms with Gasteiger partial charge in [0.2, 0.25) is 0 Å². The van der Waals surface area contributed by atoms with Crippen molar-refractivity contribution in [3.05, 3.63) is 0 Å². The van der Waals surface area contributed by atoms with Gasteiger partial charge in [-0.05, 0) is 25.7 Å². The topological polar surface area (TPSA) is 31.4 Å². The summed E-state index contributed by atoms with van der Waals surface area (Å²) in [5.41, 5.74) is 0. The molecule has 2 aliphatic rings. The van der Waals surface area contributed by atoms with Crippen LogP contribution in [0.4, 0.5) is 0 Å². The number of hydrogen-bond donors (Lipinski definition) is 0. The van der Waals surface area contributed by atoms with E-state index < -0.39 is 0 Å². The molecular weight excluding hydrogens is 472 g/mol. The molecule has 0 aromatic rings. The summed E-state index contributed by atoms with van der Waals surface area (Å²) >= 11 is 0. The lowest BCUT2D eigenvalue weighted by molar-refractivity contribution is -0.0981. The zero-order chi connectivity index (χ0) is 26.9. The lowest BCUT2D eigenvalue weighted by atomic mass is 10.1. The summed E-state index contributed by atoms with van der Waals surface area (Å²) in [4.78, 5) is 0. The molecule has 0 aromatic heterocycles. The number of nitrogens with zero attached hydrogens (tertiary/aromatic N) is 4. The third kappa shape index (κ3) is 16.8. The highest BCUT2D eigenvalue weighted by Crippen LogP contribution is 2.14. The Hall–Kier alpha value is -0.240. The van der Waals surface area contributed by atoms with E-state index in [-0.39, 0.29) is 0 Å². The molecule has 0 unspecified atom stereocenters. The van der Waals surface area contributed by atoms with Gasteiger partial charge in [-0.1, -0.05) is 104 Å². The van der Waals surface area contributed by atoms with E-state index in [1.165, 1.54) is 142 Å². The van der Waals surface area contributed by atoms with Crippen LogP contribution in [0.3, 0.4) is 0 Å². The van der Waals surface area contributed by atoms with Crippen molar-refractivity contribution in [3.8, 4) is 0 Å². The van der Waals surface area contributed by atoms with E-state index in [4.69, 9.17) is 9.47 Å². The van der Waals surface area contributed by atoms with Crippen molar-refractivity contribution in [1.29, 1.82) is 0 Å². The fourth-order valence-corrected chi connectivity index (χ4v) is 5.91. The second kappa shape index (κ2) is 24.5. The molecule has 6 nitrogen and oxygen atoms in total. The van der Waals surface area contributed by atoms with Crippen LogP contribution in [0.15, 0.2) is 0 Å². The number of hydrazine groups is 2. The molecule has 6 heteroatoms. The Labute approximate surface area is 237 Å². The second-order valence-electron chi connectivity index (χ2n) is 11.7. The van der Waals surface area contributed by atoms with Gasteiger partial charge >= 0.3 is 0 Å². The van der Waals surface area contributed by atoms with Crippen LogP contribution in [0.5, 0.6) is 0 Å². The van der Waals surface area contributed by atoms with Gasteiger partial charge in [-0.2, -0.15) is 0 Å². The van der Waals surface area contributed by atoms with E-state index in [0.717, 1.165) is 52.6 Å². The summed E-state index contributed by atoms with van der Waals surface area (Å²) in [5, 5.41) is 10.5. The van der Waals surface area contributed by atoms with Gasteiger partial charge in [-0.3, -0.25) is 0 Å². The highest BCUT2D eigenvalue weighted by atomic mass is 16.5. The second-order valence-corrected chi connectivity index (χ2v) is 11.7. The van der Waals surface area contributed by atoms with Crippen molar-refractivity contribution in [2.24, 2.45) is 0 Å². The summed E-state index contributed by atoms with van der Waals surface area (Å²) in [7, 11) is 0. The fraction of sp³-hybridized carbons (Fsp3) is 1.00. The molecule has 0 radical (unpaired) electrons. The number of rotatable bonds is 25. The maximum atomic E-state index is 5.65. The van der Waals surface area contributed by atoms with Crippen LogP contribution in [-0.2, 0) is 9.47 Å². The minimum absolute atomic E-state index is 0.886. The molecule has 0 atom stereocenters. The number of ether oxygens (including phenoxy) is 2. The molecule has 0 amide bonds. The van der Waals surface area contributed by atoms with Crippen molar-refractivity contribution < 1.29 is 9.47 Å². The maximum absolute atomic E-state index is 5.65. The van der Waals surface area contributed by atoms with Crippen molar-refractivity contribution in [2.75, 3.05) is 78.8 Å². The molecule has 2 aliphatic heterocycles. The van der Waals surface area contributed by atoms with Crippen LogP contribution in [0, 0.1) is 0 Å². The minimum Gasteiger partial charge on any atom is -0.379 e. The standard InChI is InChI=1S/C32H66N4O2/c1-3-5-7-9-11-13-15-17-21-33(35-25-29-37-30-26-35)23-19-20-24-34(36-27-31-38-32-28-36)22-18-16-14-12-10-8-6-4-2/h3-32H2,1-2H3. The van der Waals surface area contributed by atoms with Crippen LogP contribution in [0.2, 0.25) is 0 Å². The van der Waals surface area contributed by atoms with Gasteiger partial charge in [0.15, 0.2) is 0 Å². The molecule has 2 saturated heterocycles. The molecule has 0 N–H and O–H groups in total. The average Bonchev–Trinajstić information content (AvgIpc) is 2.96. The average molecular weight is 539 g/mol. The Morgan fingerprint density at radius 2 is 0.658 bits per heavy atom. The van der Waals surface area contributed by atoms with E-state index in [1.54, 1.807) is 0 Å². The summed E-state index contributed by atoms with van der Waals surface area (Å²) in [6.45, 7) is 17.3. The van der Waals surface area contributed by atoms with Gasteiger partial charge in [0.05, 0.1) is 26.4 Å². The lowest BCUT2D eigenvalue weighted by Crippen LogP contribution is -2.50. The molecule has 2 fully saturated rings. The van der Waals surface area contributed by atoms with Gasteiger partial charge in [0, 0.05) is 52.4 Å². The van der Waals surface area contributed by atoms with Gasteiger partial charge in [0.1, 0.15) is 0 Å². The summed E-state index contributed by atoms with van der Waals surface area (Å²) < 4.78 is 11.3. The van der Waals surface area contributed by atoms with Gasteiger partial charge in [-0.15, -0.1) is 0 Å². The molecule has 38 heavy (non-hydrogen) atoms. The molecule has 0 aliphatic carbocycles. The Morgan fingerprint density at radius 3 is 0.974 bits per heavy atom. The predicted octanol–water partition coefficient (Wildman–Crippen LogP) is 7.15. The Bertz CT molecular complexity index is 454. The van der Waals surface area contributed by atoms with Crippen LogP contribution >= 0.6 is 0 Å². The molecular formula is C32H66N4O2. The molecule has 2 rings (SSSR count). The van der Waals surface area contributed by atoms with Gasteiger partial charge in [0.25, 0.3) is 0 Å². The first-order valence-corrected chi connectivity index (χ1v) is 17.0. The maximum Gasteiger partial charge on any atom is 0.0608 e. The van der Waals surface area contributed by atoms with Gasteiger partial charge in [-0.25, -0.2) is 20.0 Å². The number of unbranched alkanes of at least 4 members (excludes halogenated alkanes) is 15. The lowest BCUT2D eigenvalue weighted by Gasteiger charge is -2.39. The number of morpholine rings is 2. The minimum atomic E-state index is 0.886. The molecule has 0 spiro atoms. The smallest absolute Gasteiger partial charge is 0.0608 e. The normalized spacial score (nSPS) is 17.7. The van der Waals surface area contributed by atoms with Crippen LogP contribution in [0.25, 0.3) is 0 Å². The van der Waals surface area contributed by atoms with E-state index >= 15 is 0 Å². The van der Waals surface area contributed by atoms with Crippen LogP contribution in [-0.4, -0.2) is 98.8 Å². The first-order chi connectivity index (χ1) is 18.8. The number of hydrogen-bond acceptors (Lipinski definition) is 6. The van der Waals surface area contributed by atoms with Crippen molar-refractivity contribution in [3.63, 3.8) is 0 Å². The highest BCUT2D eigenvalue weighted by Gasteiger charge is 2.20. The molecule has 226 valence electrons. The quantitative estimate of drug-likeness (QED) is 0.115. The first kappa shape index (κ1) is 34.0. The predicted molar refractivity (Wildman–Crippen MR) is 162 cm³/mol. The molecule has 0 bridgehead atoms. The summed E-state index contributed by atoms with van der Waals surface area (Å²) in [5.74, 6) is 0. The largest absolute Gasteiger partial charge is 0.379 e. The zero-order valence-corrected chi connectivity index (χ0v) is 25.8. The first-order valence-electron chi connectivity index (χ1n) is 17.0. The Morgan fingerprint density at radius 1 is 0.395 bits per heavy atom. The monoisotopic (exact) mass is 539 g/mol. The van der Waals surface area contributed by atoms with Crippen LogP contribution < -0.4 is 0 Å². The van der Waals surface area contributed by atoms with E-state index in [0.29, 0.717) is 0 Å². The molecule has 2 heterocycles. The van der Waals surface area contributed by atoms with E-state index in [2.05, 4.69) is 33.9 Å². The zero-order valence-electron chi connectivity index (χ0n) is 25.8. The third-order valence-electron chi connectivity index (χ3n) is 8.40. The fourth-order valence-electron chi connectivity index (χ4n) is 5.91. The Balaban J connectivity index is 1.67. The van der Waals surface area contributed by atoms with Crippen molar-refractivity contribution >= 4 is 0 Å². The van der Waals surface area contributed by atoms with Gasteiger partial charge < -0.3 is 9.47 Å². The summed E-state index contributed by atoms with van der Waals surface area (Å²) in [6, 6.07) is 0. The van der Waals surface area contributed by atoms with Crippen molar-refractivity contribution in [1.82, 2.24) is 20.0 Å². The molecule has 0 aromatic carbocycles. The third-order valence-corrected chi connectivity index (χ3v) is 8.40. The van der Waals surface area contributed by atoms with Crippen molar-refractivity contribution in [2.45, 2.75) is 129 Å². The highest BCUT2D eigenvalue weighted by molar-refractivity contribution is 4.66.